The Morgan fingerprint density at radius 1 is 1.06 bits per heavy atom. The summed E-state index contributed by atoms with van der Waals surface area (Å²) in [6.45, 7) is 4.10. The molecule has 0 unspecified atom stereocenters. The van der Waals surface area contributed by atoms with Gasteiger partial charge in [-0.1, -0.05) is 18.2 Å². The van der Waals surface area contributed by atoms with E-state index in [-0.39, 0.29) is 17.8 Å². The largest absolute Gasteiger partial charge is 0.573 e. The molecule has 2 aromatic carbocycles. The molecule has 0 aliphatic carbocycles. The van der Waals surface area contributed by atoms with Gasteiger partial charge in [0.05, 0.1) is 19.0 Å². The van der Waals surface area contributed by atoms with Gasteiger partial charge < -0.3 is 19.7 Å². The highest BCUT2D eigenvalue weighted by Crippen LogP contribution is 2.25. The summed E-state index contributed by atoms with van der Waals surface area (Å²) >= 11 is 0. The summed E-state index contributed by atoms with van der Waals surface area (Å²) < 4.78 is 45.9. The number of pyridine rings is 1. The van der Waals surface area contributed by atoms with Crippen molar-refractivity contribution in [1.29, 1.82) is 0 Å². The van der Waals surface area contributed by atoms with Gasteiger partial charge in [-0.15, -0.1) is 13.2 Å². The normalized spacial score (nSPS) is 11.2. The minimum Gasteiger partial charge on any atom is -0.495 e. The van der Waals surface area contributed by atoms with Crippen LogP contribution in [0.25, 0.3) is 11.3 Å². The molecule has 1 heterocycles. The maximum Gasteiger partial charge on any atom is 0.573 e. The molecule has 3 aromatic rings. The van der Waals surface area contributed by atoms with Crippen LogP contribution in [0.4, 0.5) is 23.7 Å². The number of halogens is 3. The summed E-state index contributed by atoms with van der Waals surface area (Å²) in [6.07, 6.45) is -3.13. The van der Waals surface area contributed by atoms with Crippen LogP contribution in [0, 0.1) is 0 Å². The number of ether oxygens (including phenoxy) is 2. The zero-order valence-corrected chi connectivity index (χ0v) is 18.4. The van der Waals surface area contributed by atoms with Crippen LogP contribution in [-0.4, -0.2) is 35.4 Å². The minimum absolute atomic E-state index is 0.124. The predicted molar refractivity (Wildman–Crippen MR) is 119 cm³/mol. The summed E-state index contributed by atoms with van der Waals surface area (Å²) in [5.74, 6) is 0.306. The van der Waals surface area contributed by atoms with E-state index in [1.165, 1.54) is 12.1 Å². The molecule has 6 nitrogen and oxygen atoms in total. The van der Waals surface area contributed by atoms with E-state index in [4.69, 9.17) is 4.74 Å². The number of methoxy groups -OCH3 is 1. The zero-order valence-electron chi connectivity index (χ0n) is 18.4. The van der Waals surface area contributed by atoms with Crippen molar-refractivity contribution in [3.05, 3.63) is 72.4 Å². The van der Waals surface area contributed by atoms with E-state index >= 15 is 0 Å². The third-order valence-corrected chi connectivity index (χ3v) is 4.77. The van der Waals surface area contributed by atoms with Crippen LogP contribution in [0.3, 0.4) is 0 Å². The van der Waals surface area contributed by atoms with Crippen LogP contribution in [0.15, 0.2) is 66.9 Å². The van der Waals surface area contributed by atoms with E-state index in [1.807, 2.05) is 50.2 Å². The lowest BCUT2D eigenvalue weighted by atomic mass is 10.1. The number of aromatic nitrogens is 1. The van der Waals surface area contributed by atoms with E-state index in [9.17, 15) is 18.0 Å². The monoisotopic (exact) mass is 459 g/mol. The number of alkyl halides is 3. The van der Waals surface area contributed by atoms with E-state index in [0.29, 0.717) is 18.0 Å². The lowest BCUT2D eigenvalue weighted by Gasteiger charge is -2.27. The highest BCUT2D eigenvalue weighted by Gasteiger charge is 2.31. The van der Waals surface area contributed by atoms with Gasteiger partial charge in [0.1, 0.15) is 11.5 Å². The Hall–Kier alpha value is -3.75. The molecule has 0 bridgehead atoms. The molecule has 9 heteroatoms. The van der Waals surface area contributed by atoms with Crippen LogP contribution in [0.5, 0.6) is 11.5 Å². The molecule has 0 spiro atoms. The number of hydrogen-bond acceptors (Lipinski definition) is 4. The molecule has 1 N–H and O–H groups in total. The van der Waals surface area contributed by atoms with Crippen molar-refractivity contribution in [2.45, 2.75) is 32.8 Å². The summed E-state index contributed by atoms with van der Waals surface area (Å²) in [7, 11) is 1.58. The molecule has 0 atom stereocenters. The maximum atomic E-state index is 12.9. The Labute approximate surface area is 190 Å². The van der Waals surface area contributed by atoms with Gasteiger partial charge in [0.15, 0.2) is 0 Å². The van der Waals surface area contributed by atoms with E-state index in [0.717, 1.165) is 29.0 Å². The highest BCUT2D eigenvalue weighted by molar-refractivity contribution is 5.89. The maximum absolute atomic E-state index is 12.9. The number of rotatable bonds is 7. The number of hydrogen-bond donors (Lipinski definition) is 1. The van der Waals surface area contributed by atoms with Crippen LogP contribution < -0.4 is 14.8 Å². The third-order valence-electron chi connectivity index (χ3n) is 4.77. The molecule has 0 fully saturated rings. The van der Waals surface area contributed by atoms with Gasteiger partial charge in [0.25, 0.3) is 0 Å². The first kappa shape index (κ1) is 23.9. The van der Waals surface area contributed by atoms with Gasteiger partial charge in [-0.3, -0.25) is 4.98 Å². The fraction of sp³-hybridized carbons (Fsp3) is 0.250. The minimum atomic E-state index is -4.77. The molecule has 0 saturated heterocycles. The SMILES string of the molecule is COc1ccc(-c2cccc(CN(C(=O)Nc3ccc(OC(F)(F)F)cc3)C(C)C)c2)nc1. The Morgan fingerprint density at radius 2 is 1.76 bits per heavy atom. The van der Waals surface area contributed by atoms with Crippen LogP contribution in [0.1, 0.15) is 19.4 Å². The van der Waals surface area contributed by atoms with E-state index in [2.05, 4.69) is 15.0 Å². The standard InChI is InChI=1S/C24H24F3N3O3/c1-16(2)30(23(31)29-19-7-9-20(10-8-19)33-24(25,26)27)15-17-5-4-6-18(13-17)22-12-11-21(32-3)14-28-22/h4-14,16H,15H2,1-3H3,(H,29,31). The first-order valence-corrected chi connectivity index (χ1v) is 10.2. The molecule has 2 amide bonds. The first-order chi connectivity index (χ1) is 15.6. The topological polar surface area (TPSA) is 63.7 Å². The lowest BCUT2D eigenvalue weighted by Crippen LogP contribution is -2.39. The predicted octanol–water partition coefficient (Wildman–Crippen LogP) is 6.10. The number of carbonyl (C=O) groups is 1. The van der Waals surface area contributed by atoms with Crippen LogP contribution in [0.2, 0.25) is 0 Å². The summed E-state index contributed by atoms with van der Waals surface area (Å²) in [5, 5.41) is 2.72. The van der Waals surface area contributed by atoms with Crippen molar-refractivity contribution in [3.8, 4) is 22.8 Å². The molecule has 174 valence electrons. The van der Waals surface area contributed by atoms with Crippen molar-refractivity contribution in [2.24, 2.45) is 0 Å². The van der Waals surface area contributed by atoms with E-state index in [1.54, 1.807) is 18.2 Å². The summed E-state index contributed by atoms with van der Waals surface area (Å²) in [4.78, 5) is 18.9. The Bertz CT molecular complexity index is 1070. The van der Waals surface area contributed by atoms with Gasteiger partial charge in [-0.2, -0.15) is 0 Å². The number of carbonyl (C=O) groups excluding carboxylic acids is 1. The second kappa shape index (κ2) is 10.2. The van der Waals surface area contributed by atoms with Crippen molar-refractivity contribution in [3.63, 3.8) is 0 Å². The molecule has 0 saturated carbocycles. The second-order valence-electron chi connectivity index (χ2n) is 7.51. The number of nitrogens with one attached hydrogen (secondary N) is 1. The molecule has 3 rings (SSSR count). The van der Waals surface area contributed by atoms with Crippen molar-refractivity contribution in [2.75, 3.05) is 12.4 Å². The third kappa shape index (κ3) is 6.86. The molecule has 0 aliphatic heterocycles. The Balaban J connectivity index is 1.70. The highest BCUT2D eigenvalue weighted by atomic mass is 19.4. The second-order valence-corrected chi connectivity index (χ2v) is 7.51. The van der Waals surface area contributed by atoms with Gasteiger partial charge in [0, 0.05) is 23.8 Å². The van der Waals surface area contributed by atoms with Gasteiger partial charge >= 0.3 is 12.4 Å². The molecular weight excluding hydrogens is 435 g/mol. The molecule has 33 heavy (non-hydrogen) atoms. The molecule has 1 aromatic heterocycles. The summed E-state index contributed by atoms with van der Waals surface area (Å²) in [5.41, 5.74) is 2.94. The Morgan fingerprint density at radius 3 is 2.33 bits per heavy atom. The van der Waals surface area contributed by atoms with Crippen molar-refractivity contribution in [1.82, 2.24) is 9.88 Å². The Kier molecular flexibility index (Phi) is 7.42. The van der Waals surface area contributed by atoms with Gasteiger partial charge in [-0.05, 0) is 61.9 Å². The average molecular weight is 459 g/mol. The van der Waals surface area contributed by atoms with E-state index < -0.39 is 6.36 Å². The molecule has 0 radical (unpaired) electrons. The first-order valence-electron chi connectivity index (χ1n) is 10.2. The average Bonchev–Trinajstić information content (AvgIpc) is 2.78. The van der Waals surface area contributed by atoms with Crippen molar-refractivity contribution < 1.29 is 27.4 Å². The number of benzene rings is 2. The number of anilines is 1. The fourth-order valence-corrected chi connectivity index (χ4v) is 3.12. The van der Waals surface area contributed by atoms with Gasteiger partial charge in [0.2, 0.25) is 0 Å². The van der Waals surface area contributed by atoms with Crippen molar-refractivity contribution >= 4 is 11.7 Å². The number of amides is 2. The van der Waals surface area contributed by atoms with Crippen LogP contribution >= 0.6 is 0 Å². The molecule has 0 aliphatic rings. The van der Waals surface area contributed by atoms with Crippen LogP contribution in [-0.2, 0) is 6.54 Å². The fourth-order valence-electron chi connectivity index (χ4n) is 3.12. The lowest BCUT2D eigenvalue weighted by molar-refractivity contribution is -0.274. The molecular formula is C24H24F3N3O3. The van der Waals surface area contributed by atoms with Gasteiger partial charge in [-0.25, -0.2) is 4.79 Å². The summed E-state index contributed by atoms with van der Waals surface area (Å²) in [6, 6.07) is 15.9. The number of urea groups is 1. The smallest absolute Gasteiger partial charge is 0.495 e. The quantitative estimate of drug-likeness (QED) is 0.464. The zero-order chi connectivity index (χ0) is 24.0. The number of nitrogens with zero attached hydrogens (tertiary/aromatic N) is 2.